The lowest BCUT2D eigenvalue weighted by atomic mass is 10.2. The molecule has 21 heavy (non-hydrogen) atoms. The maximum absolute atomic E-state index is 5.35. The Kier molecular flexibility index (Phi) is 5.20. The predicted octanol–water partition coefficient (Wildman–Crippen LogP) is 3.06. The summed E-state index contributed by atoms with van der Waals surface area (Å²) in [5, 5.41) is 6.44. The number of ether oxygens (including phenoxy) is 2. The molecule has 2 N–H and O–H groups in total. The first kappa shape index (κ1) is 14.9. The molecule has 0 saturated carbocycles. The first-order valence-electron chi connectivity index (χ1n) is 6.81. The summed E-state index contributed by atoms with van der Waals surface area (Å²) in [6.07, 6.45) is 2.56. The first-order valence-corrected chi connectivity index (χ1v) is 6.81. The Labute approximate surface area is 124 Å². The van der Waals surface area contributed by atoms with Crippen LogP contribution in [0.3, 0.4) is 0 Å². The van der Waals surface area contributed by atoms with E-state index < -0.39 is 0 Å². The van der Waals surface area contributed by atoms with E-state index in [1.165, 1.54) is 6.33 Å². The van der Waals surface area contributed by atoms with Crippen molar-refractivity contribution in [2.24, 2.45) is 0 Å². The van der Waals surface area contributed by atoms with Crippen molar-refractivity contribution >= 4 is 17.3 Å². The average molecular weight is 288 g/mol. The Bertz CT molecular complexity index is 590. The molecule has 1 aromatic heterocycles. The summed E-state index contributed by atoms with van der Waals surface area (Å²) >= 11 is 0. The van der Waals surface area contributed by atoms with Crippen molar-refractivity contribution in [1.29, 1.82) is 0 Å². The fourth-order valence-corrected chi connectivity index (χ4v) is 1.82. The normalized spacial score (nSPS) is 10.0. The molecule has 0 saturated heterocycles. The Hall–Kier alpha value is -2.50. The molecule has 0 aliphatic heterocycles. The zero-order valence-corrected chi connectivity index (χ0v) is 12.5. The van der Waals surface area contributed by atoms with Gasteiger partial charge in [0.2, 0.25) is 0 Å². The van der Waals surface area contributed by atoms with E-state index in [1.807, 2.05) is 24.3 Å². The minimum Gasteiger partial charge on any atom is -0.497 e. The number of aromatic nitrogens is 2. The Morgan fingerprint density at radius 1 is 1.05 bits per heavy atom. The van der Waals surface area contributed by atoms with Crippen LogP contribution in [-0.2, 0) is 0 Å². The lowest BCUT2D eigenvalue weighted by Crippen LogP contribution is -2.04. The van der Waals surface area contributed by atoms with Crippen LogP contribution in [0, 0.1) is 0 Å². The summed E-state index contributed by atoms with van der Waals surface area (Å²) in [6.45, 7) is 2.98. The van der Waals surface area contributed by atoms with Crippen molar-refractivity contribution in [3.05, 3.63) is 30.6 Å². The molecule has 0 amide bonds. The molecular weight excluding hydrogens is 268 g/mol. The third-order valence-corrected chi connectivity index (χ3v) is 2.89. The topological polar surface area (TPSA) is 68.3 Å². The van der Waals surface area contributed by atoms with Crippen molar-refractivity contribution in [2.45, 2.75) is 13.3 Å². The highest BCUT2D eigenvalue weighted by Crippen LogP contribution is 2.31. The van der Waals surface area contributed by atoms with Crippen molar-refractivity contribution in [1.82, 2.24) is 9.97 Å². The molecule has 0 bridgehead atoms. The van der Waals surface area contributed by atoms with E-state index in [4.69, 9.17) is 9.47 Å². The highest BCUT2D eigenvalue weighted by molar-refractivity contribution is 5.66. The summed E-state index contributed by atoms with van der Waals surface area (Å²) in [6, 6.07) is 7.43. The van der Waals surface area contributed by atoms with Gasteiger partial charge in [-0.05, 0) is 18.6 Å². The molecular formula is C15H20N4O2. The highest BCUT2D eigenvalue weighted by atomic mass is 16.5. The van der Waals surface area contributed by atoms with Gasteiger partial charge in [-0.15, -0.1) is 0 Å². The van der Waals surface area contributed by atoms with Crippen LogP contribution in [0.2, 0.25) is 0 Å². The Morgan fingerprint density at radius 2 is 1.86 bits per heavy atom. The van der Waals surface area contributed by atoms with Gasteiger partial charge in [-0.2, -0.15) is 0 Å². The molecule has 0 fully saturated rings. The van der Waals surface area contributed by atoms with E-state index >= 15 is 0 Å². The number of benzene rings is 1. The van der Waals surface area contributed by atoms with Gasteiger partial charge in [0.05, 0.1) is 19.9 Å². The van der Waals surface area contributed by atoms with E-state index in [2.05, 4.69) is 27.5 Å². The number of nitrogens with one attached hydrogen (secondary N) is 2. The molecule has 0 aliphatic rings. The first-order chi connectivity index (χ1) is 10.3. The Balaban J connectivity index is 2.17. The lowest BCUT2D eigenvalue weighted by molar-refractivity contribution is 0.395. The monoisotopic (exact) mass is 288 g/mol. The number of rotatable bonds is 7. The molecule has 2 aromatic rings. The number of hydrogen-bond acceptors (Lipinski definition) is 6. The maximum Gasteiger partial charge on any atom is 0.146 e. The fraction of sp³-hybridized carbons (Fsp3) is 0.333. The molecule has 1 heterocycles. The average Bonchev–Trinajstić information content (AvgIpc) is 2.53. The van der Waals surface area contributed by atoms with Gasteiger partial charge in [0.25, 0.3) is 0 Å². The van der Waals surface area contributed by atoms with Crippen LogP contribution >= 0.6 is 0 Å². The SMILES string of the molecule is CCCNc1cc(Nc2ccc(OC)cc2OC)ncn1. The molecule has 0 unspecified atom stereocenters. The summed E-state index contributed by atoms with van der Waals surface area (Å²) in [5.74, 6) is 2.93. The lowest BCUT2D eigenvalue weighted by Gasteiger charge is -2.12. The third kappa shape index (κ3) is 3.98. The third-order valence-electron chi connectivity index (χ3n) is 2.89. The van der Waals surface area contributed by atoms with E-state index in [-0.39, 0.29) is 0 Å². The van der Waals surface area contributed by atoms with Crippen LogP contribution in [0.1, 0.15) is 13.3 Å². The second kappa shape index (κ2) is 7.33. The minimum absolute atomic E-state index is 0.691. The molecule has 6 heteroatoms. The van der Waals surface area contributed by atoms with Gasteiger partial charge < -0.3 is 20.1 Å². The fourth-order valence-electron chi connectivity index (χ4n) is 1.82. The van der Waals surface area contributed by atoms with Crippen molar-refractivity contribution in [2.75, 3.05) is 31.4 Å². The number of anilines is 3. The molecule has 6 nitrogen and oxygen atoms in total. The zero-order chi connectivity index (χ0) is 15.1. The van der Waals surface area contributed by atoms with Gasteiger partial charge in [0, 0.05) is 18.7 Å². The molecule has 112 valence electrons. The molecule has 0 radical (unpaired) electrons. The number of nitrogens with zero attached hydrogens (tertiary/aromatic N) is 2. The summed E-state index contributed by atoms with van der Waals surface area (Å²) in [5.41, 5.74) is 0.818. The smallest absolute Gasteiger partial charge is 0.146 e. The second-order valence-corrected chi connectivity index (χ2v) is 4.41. The van der Waals surface area contributed by atoms with Crippen LogP contribution in [0.15, 0.2) is 30.6 Å². The summed E-state index contributed by atoms with van der Waals surface area (Å²) in [4.78, 5) is 8.39. The molecule has 1 aromatic carbocycles. The van der Waals surface area contributed by atoms with Crippen LogP contribution in [-0.4, -0.2) is 30.7 Å². The van der Waals surface area contributed by atoms with Gasteiger partial charge in [0.1, 0.15) is 29.5 Å². The summed E-state index contributed by atoms with van der Waals surface area (Å²) < 4.78 is 10.5. The maximum atomic E-state index is 5.35. The van der Waals surface area contributed by atoms with Gasteiger partial charge in [-0.25, -0.2) is 9.97 Å². The van der Waals surface area contributed by atoms with E-state index in [0.717, 1.165) is 30.2 Å². The zero-order valence-electron chi connectivity index (χ0n) is 12.5. The standard InChI is InChI=1S/C15H20N4O2/c1-4-7-16-14-9-15(18-10-17-14)19-12-6-5-11(20-2)8-13(12)21-3/h5-6,8-10H,4,7H2,1-3H3,(H2,16,17,18,19). The van der Waals surface area contributed by atoms with Gasteiger partial charge >= 0.3 is 0 Å². The predicted molar refractivity (Wildman–Crippen MR) is 83.6 cm³/mol. The van der Waals surface area contributed by atoms with Crippen molar-refractivity contribution < 1.29 is 9.47 Å². The summed E-state index contributed by atoms with van der Waals surface area (Å²) in [7, 11) is 3.24. The van der Waals surface area contributed by atoms with Gasteiger partial charge in [-0.3, -0.25) is 0 Å². The quantitative estimate of drug-likeness (QED) is 0.816. The largest absolute Gasteiger partial charge is 0.497 e. The molecule has 0 aliphatic carbocycles. The molecule has 0 atom stereocenters. The van der Waals surface area contributed by atoms with E-state index in [1.54, 1.807) is 14.2 Å². The number of methoxy groups -OCH3 is 2. The highest BCUT2D eigenvalue weighted by Gasteiger charge is 2.06. The van der Waals surface area contributed by atoms with Gasteiger partial charge in [-0.1, -0.05) is 6.92 Å². The van der Waals surface area contributed by atoms with Crippen molar-refractivity contribution in [3.8, 4) is 11.5 Å². The second-order valence-electron chi connectivity index (χ2n) is 4.41. The van der Waals surface area contributed by atoms with E-state index in [9.17, 15) is 0 Å². The van der Waals surface area contributed by atoms with E-state index in [0.29, 0.717) is 11.6 Å². The van der Waals surface area contributed by atoms with Crippen LogP contribution in [0.4, 0.5) is 17.3 Å². The van der Waals surface area contributed by atoms with Crippen LogP contribution in [0.25, 0.3) is 0 Å². The molecule has 0 spiro atoms. The van der Waals surface area contributed by atoms with Crippen molar-refractivity contribution in [3.63, 3.8) is 0 Å². The van der Waals surface area contributed by atoms with Crippen LogP contribution in [0.5, 0.6) is 11.5 Å². The van der Waals surface area contributed by atoms with Crippen LogP contribution < -0.4 is 20.1 Å². The number of hydrogen-bond donors (Lipinski definition) is 2. The molecule has 2 rings (SSSR count). The Morgan fingerprint density at radius 3 is 2.57 bits per heavy atom. The van der Waals surface area contributed by atoms with Gasteiger partial charge in [0.15, 0.2) is 0 Å². The minimum atomic E-state index is 0.691.